The van der Waals surface area contributed by atoms with E-state index in [9.17, 15) is 0 Å². The predicted octanol–water partition coefficient (Wildman–Crippen LogP) is 4.80. The minimum Gasteiger partial charge on any atom is -0.0888 e. The smallest absolute Gasteiger partial charge is 0.0207 e. The van der Waals surface area contributed by atoms with Crippen molar-refractivity contribution in [3.05, 3.63) is 34.3 Å². The van der Waals surface area contributed by atoms with Crippen molar-refractivity contribution in [3.63, 3.8) is 0 Å². The summed E-state index contributed by atoms with van der Waals surface area (Å²) in [5.41, 5.74) is 1.40. The first-order chi connectivity index (χ1) is 6.65. The average molecular weight is 320 g/mol. The first-order valence-electron chi connectivity index (χ1n) is 5.02. The lowest BCUT2D eigenvalue weighted by Gasteiger charge is -2.17. The van der Waals surface area contributed by atoms with Crippen LogP contribution in [0.15, 0.2) is 28.7 Å². The van der Waals surface area contributed by atoms with Crippen LogP contribution in [0.3, 0.4) is 0 Å². The molecule has 0 saturated carbocycles. The molecule has 0 N–H and O–H groups in total. The van der Waals surface area contributed by atoms with E-state index in [2.05, 4.69) is 70.0 Å². The van der Waals surface area contributed by atoms with Gasteiger partial charge >= 0.3 is 0 Å². The van der Waals surface area contributed by atoms with Crippen LogP contribution in [0.1, 0.15) is 25.8 Å². The number of halogens is 2. The Bertz CT molecular complexity index is 283. The fraction of sp³-hybridized carbons (Fsp3) is 0.500. The minimum absolute atomic E-state index is 0.620. The zero-order valence-corrected chi connectivity index (χ0v) is 11.8. The minimum atomic E-state index is 0.620. The molecule has 2 atom stereocenters. The molecule has 2 heteroatoms. The topological polar surface area (TPSA) is 0 Å². The number of hydrogen-bond donors (Lipinski definition) is 0. The Kier molecular flexibility index (Phi) is 5.18. The lowest BCUT2D eigenvalue weighted by Crippen LogP contribution is -2.12. The van der Waals surface area contributed by atoms with E-state index in [1.165, 1.54) is 16.5 Å². The largest absolute Gasteiger partial charge is 0.0888 e. The maximum atomic E-state index is 3.71. The molecule has 0 heterocycles. The summed E-state index contributed by atoms with van der Waals surface area (Å²) in [6.45, 7) is 4.51. The summed E-state index contributed by atoms with van der Waals surface area (Å²) in [5, 5.41) is 0. The highest BCUT2D eigenvalue weighted by atomic mass is 79.9. The van der Waals surface area contributed by atoms with E-state index in [0.29, 0.717) is 10.7 Å². The van der Waals surface area contributed by atoms with Crippen molar-refractivity contribution in [1.29, 1.82) is 0 Å². The molecule has 0 saturated heterocycles. The molecule has 14 heavy (non-hydrogen) atoms. The second-order valence-corrected chi connectivity index (χ2v) is 5.73. The van der Waals surface area contributed by atoms with Gasteiger partial charge in [0.2, 0.25) is 0 Å². The molecule has 0 radical (unpaired) electrons. The highest BCUT2D eigenvalue weighted by Crippen LogP contribution is 2.24. The van der Waals surface area contributed by atoms with Gasteiger partial charge in [0.05, 0.1) is 0 Å². The summed E-state index contributed by atoms with van der Waals surface area (Å²) in [6.07, 6.45) is 2.32. The molecule has 1 aromatic rings. The number of rotatable bonds is 4. The molecule has 0 amide bonds. The van der Waals surface area contributed by atoms with Crippen LogP contribution in [-0.4, -0.2) is 4.83 Å². The van der Waals surface area contributed by atoms with Crippen LogP contribution < -0.4 is 0 Å². The average Bonchev–Trinajstić information content (AvgIpc) is 2.20. The first-order valence-corrected chi connectivity index (χ1v) is 6.73. The standard InChI is InChI=1S/C12H16Br2/c1-3-11(13)9(2)8-10-6-4-5-7-12(10)14/h4-7,9,11H,3,8H2,1-2H3. The van der Waals surface area contributed by atoms with Gasteiger partial charge in [0.25, 0.3) is 0 Å². The van der Waals surface area contributed by atoms with Crippen molar-refractivity contribution in [3.8, 4) is 0 Å². The fourth-order valence-corrected chi connectivity index (χ4v) is 2.17. The third-order valence-electron chi connectivity index (χ3n) is 2.51. The summed E-state index contributed by atoms with van der Waals surface area (Å²) >= 11 is 7.29. The van der Waals surface area contributed by atoms with E-state index in [4.69, 9.17) is 0 Å². The van der Waals surface area contributed by atoms with Crippen molar-refractivity contribution in [1.82, 2.24) is 0 Å². The molecular formula is C12H16Br2. The second-order valence-electron chi connectivity index (χ2n) is 3.70. The molecule has 0 nitrogen and oxygen atoms in total. The van der Waals surface area contributed by atoms with Crippen LogP contribution in [0.2, 0.25) is 0 Å². The molecule has 0 aliphatic rings. The normalized spacial score (nSPS) is 15.1. The van der Waals surface area contributed by atoms with Crippen LogP contribution in [0.4, 0.5) is 0 Å². The van der Waals surface area contributed by atoms with E-state index >= 15 is 0 Å². The van der Waals surface area contributed by atoms with Gasteiger partial charge in [0.1, 0.15) is 0 Å². The summed E-state index contributed by atoms with van der Waals surface area (Å²) in [4.78, 5) is 0.620. The zero-order valence-electron chi connectivity index (χ0n) is 8.63. The highest BCUT2D eigenvalue weighted by Gasteiger charge is 2.13. The van der Waals surface area contributed by atoms with Crippen LogP contribution >= 0.6 is 31.9 Å². The van der Waals surface area contributed by atoms with Crippen LogP contribution in [0.25, 0.3) is 0 Å². The van der Waals surface area contributed by atoms with Gasteiger partial charge < -0.3 is 0 Å². The SMILES string of the molecule is CCC(Br)C(C)Cc1ccccc1Br. The fourth-order valence-electron chi connectivity index (χ4n) is 1.54. The van der Waals surface area contributed by atoms with E-state index in [1.807, 2.05) is 0 Å². The molecule has 1 aromatic carbocycles. The Morgan fingerprint density at radius 1 is 1.29 bits per heavy atom. The summed E-state index contributed by atoms with van der Waals surface area (Å²) in [5.74, 6) is 0.679. The van der Waals surface area contributed by atoms with Gasteiger partial charge in [-0.05, 0) is 30.4 Å². The Balaban J connectivity index is 2.64. The number of hydrogen-bond acceptors (Lipinski definition) is 0. The van der Waals surface area contributed by atoms with Gasteiger partial charge in [0.15, 0.2) is 0 Å². The molecule has 0 aliphatic carbocycles. The predicted molar refractivity (Wildman–Crippen MR) is 70.0 cm³/mol. The lowest BCUT2D eigenvalue weighted by molar-refractivity contribution is 0.544. The summed E-state index contributed by atoms with van der Waals surface area (Å²) in [7, 11) is 0. The third kappa shape index (κ3) is 3.39. The quantitative estimate of drug-likeness (QED) is 0.699. The first kappa shape index (κ1) is 12.3. The highest BCUT2D eigenvalue weighted by molar-refractivity contribution is 9.10. The van der Waals surface area contributed by atoms with Crippen molar-refractivity contribution in [2.75, 3.05) is 0 Å². The maximum Gasteiger partial charge on any atom is 0.0207 e. The molecule has 0 spiro atoms. The van der Waals surface area contributed by atoms with Gasteiger partial charge in [0, 0.05) is 9.30 Å². The van der Waals surface area contributed by atoms with Crippen molar-refractivity contribution in [2.45, 2.75) is 31.5 Å². The molecule has 1 rings (SSSR count). The molecule has 78 valence electrons. The van der Waals surface area contributed by atoms with Gasteiger partial charge in [-0.2, -0.15) is 0 Å². The molecule has 0 aromatic heterocycles. The summed E-state index contributed by atoms with van der Waals surface area (Å²) in [6, 6.07) is 8.46. The Morgan fingerprint density at radius 2 is 1.93 bits per heavy atom. The van der Waals surface area contributed by atoms with Crippen molar-refractivity contribution in [2.24, 2.45) is 5.92 Å². The van der Waals surface area contributed by atoms with E-state index in [0.717, 1.165) is 6.42 Å². The van der Waals surface area contributed by atoms with Crippen LogP contribution in [-0.2, 0) is 6.42 Å². The van der Waals surface area contributed by atoms with Crippen LogP contribution in [0.5, 0.6) is 0 Å². The molecule has 0 fully saturated rings. The lowest BCUT2D eigenvalue weighted by atomic mass is 9.97. The zero-order chi connectivity index (χ0) is 10.6. The number of benzene rings is 1. The van der Waals surface area contributed by atoms with Gasteiger partial charge in [-0.15, -0.1) is 0 Å². The molecule has 0 aliphatic heterocycles. The van der Waals surface area contributed by atoms with E-state index in [-0.39, 0.29) is 0 Å². The van der Waals surface area contributed by atoms with Gasteiger partial charge in [-0.25, -0.2) is 0 Å². The maximum absolute atomic E-state index is 3.71. The third-order valence-corrected chi connectivity index (χ3v) is 4.83. The van der Waals surface area contributed by atoms with Gasteiger partial charge in [-0.1, -0.05) is 63.9 Å². The molecular weight excluding hydrogens is 304 g/mol. The summed E-state index contributed by atoms with van der Waals surface area (Å²) < 4.78 is 1.22. The van der Waals surface area contributed by atoms with Crippen LogP contribution in [0, 0.1) is 5.92 Å². The molecule has 0 bridgehead atoms. The monoisotopic (exact) mass is 318 g/mol. The van der Waals surface area contributed by atoms with Crippen molar-refractivity contribution < 1.29 is 0 Å². The molecule has 2 unspecified atom stereocenters. The Labute approximate surface area is 103 Å². The Morgan fingerprint density at radius 3 is 2.50 bits per heavy atom. The van der Waals surface area contributed by atoms with E-state index in [1.54, 1.807) is 0 Å². The van der Waals surface area contributed by atoms with Gasteiger partial charge in [-0.3, -0.25) is 0 Å². The second kappa shape index (κ2) is 5.92. The Hall–Kier alpha value is 0.180. The van der Waals surface area contributed by atoms with E-state index < -0.39 is 0 Å². The number of alkyl halides is 1. The van der Waals surface area contributed by atoms with Crippen molar-refractivity contribution >= 4 is 31.9 Å².